The Hall–Kier alpha value is -3.09. The summed E-state index contributed by atoms with van der Waals surface area (Å²) < 4.78 is 11.1. The minimum atomic E-state index is -0.580. The van der Waals surface area contributed by atoms with Crippen LogP contribution in [0.4, 0.5) is 0 Å². The largest absolute Gasteiger partial charge is 0.508 e. The molecule has 7 heteroatoms. The Morgan fingerprint density at radius 1 is 1.19 bits per heavy atom. The second-order valence-electron chi connectivity index (χ2n) is 6.92. The molecule has 4 rings (SSSR count). The van der Waals surface area contributed by atoms with Crippen molar-refractivity contribution < 1.29 is 19.1 Å². The van der Waals surface area contributed by atoms with Gasteiger partial charge in [0.25, 0.3) is 0 Å². The van der Waals surface area contributed by atoms with Gasteiger partial charge in [-0.25, -0.2) is 0 Å². The summed E-state index contributed by atoms with van der Waals surface area (Å²) in [4.78, 5) is 17.7. The molecule has 4 unspecified atom stereocenters. The minimum Gasteiger partial charge on any atom is -0.508 e. The van der Waals surface area contributed by atoms with Gasteiger partial charge in [0.15, 0.2) is 0 Å². The molecule has 1 aromatic carbocycles. The lowest BCUT2D eigenvalue weighted by atomic mass is 9.70. The molecular weight excluding hydrogens is 346 g/mol. The Bertz CT molecular complexity index is 929. The van der Waals surface area contributed by atoms with Crippen molar-refractivity contribution in [1.29, 1.82) is 0 Å². The highest BCUT2D eigenvalue weighted by molar-refractivity contribution is 6.11. The van der Waals surface area contributed by atoms with Crippen molar-refractivity contribution in [3.63, 3.8) is 0 Å². The third-order valence-electron chi connectivity index (χ3n) is 5.25. The fraction of sp³-hybridized carbons (Fsp3) is 0.350. The monoisotopic (exact) mass is 367 g/mol. The number of amidine groups is 1. The molecule has 0 saturated heterocycles. The predicted molar refractivity (Wildman–Crippen MR) is 99.7 cm³/mol. The molecule has 2 aliphatic heterocycles. The lowest BCUT2D eigenvalue weighted by Gasteiger charge is -2.36. The first-order valence-electron chi connectivity index (χ1n) is 8.80. The van der Waals surface area contributed by atoms with Crippen molar-refractivity contribution in [2.45, 2.75) is 25.8 Å². The van der Waals surface area contributed by atoms with E-state index in [4.69, 9.17) is 14.1 Å². The number of phenols is 1. The van der Waals surface area contributed by atoms with Gasteiger partial charge in [-0.2, -0.15) is 5.10 Å². The highest BCUT2D eigenvalue weighted by Gasteiger charge is 2.51. The molecule has 0 radical (unpaired) electrons. The molecule has 140 valence electrons. The number of hydrogen-bond donors (Lipinski definition) is 2. The van der Waals surface area contributed by atoms with Crippen LogP contribution >= 0.6 is 0 Å². The van der Waals surface area contributed by atoms with Crippen LogP contribution in [-0.2, 0) is 9.53 Å². The lowest BCUT2D eigenvalue weighted by molar-refractivity contribution is -0.147. The second kappa shape index (κ2) is 6.57. The Labute approximate surface area is 156 Å². The standard InChI is InChI=1S/C20H21N3O4/c1-10-4-9-14(27-10)16-15-11(2)22-23-19(15)21-18(17(16)20(25)26-3)12-5-7-13(24)8-6-12/h4-9,15-18,24H,1-3H3,(H,21,23). The molecule has 2 aromatic rings. The zero-order chi connectivity index (χ0) is 19.1. The first-order valence-corrected chi connectivity index (χ1v) is 8.80. The number of aryl methyl sites for hydroxylation is 1. The zero-order valence-corrected chi connectivity index (χ0v) is 15.3. The number of benzene rings is 1. The molecule has 0 aliphatic carbocycles. The third kappa shape index (κ3) is 2.89. The molecule has 2 aliphatic rings. The number of carbonyl (C=O) groups excluding carboxylic acids is 1. The van der Waals surface area contributed by atoms with E-state index < -0.39 is 12.0 Å². The summed E-state index contributed by atoms with van der Waals surface area (Å²) in [6, 6.07) is 10.0. The van der Waals surface area contributed by atoms with Gasteiger partial charge < -0.3 is 14.3 Å². The topological polar surface area (TPSA) is 96.4 Å². The van der Waals surface area contributed by atoms with E-state index in [1.165, 1.54) is 7.11 Å². The van der Waals surface area contributed by atoms with E-state index >= 15 is 0 Å². The van der Waals surface area contributed by atoms with Gasteiger partial charge in [-0.1, -0.05) is 12.1 Å². The lowest BCUT2D eigenvalue weighted by Crippen LogP contribution is -2.43. The van der Waals surface area contributed by atoms with E-state index in [0.717, 1.165) is 17.0 Å². The van der Waals surface area contributed by atoms with E-state index in [9.17, 15) is 9.90 Å². The smallest absolute Gasteiger partial charge is 0.311 e. The van der Waals surface area contributed by atoms with Crippen LogP contribution in [0.25, 0.3) is 0 Å². The van der Waals surface area contributed by atoms with Gasteiger partial charge in [-0.3, -0.25) is 15.2 Å². The molecule has 1 aromatic heterocycles. The molecule has 0 spiro atoms. The van der Waals surface area contributed by atoms with Crippen LogP contribution in [0.1, 0.15) is 36.0 Å². The minimum absolute atomic E-state index is 0.158. The number of esters is 1. The highest BCUT2D eigenvalue weighted by atomic mass is 16.5. The number of hydrogen-bond acceptors (Lipinski definition) is 7. The molecule has 3 heterocycles. The Balaban J connectivity index is 1.88. The van der Waals surface area contributed by atoms with Crippen LogP contribution < -0.4 is 5.43 Å². The van der Waals surface area contributed by atoms with Crippen LogP contribution in [0.5, 0.6) is 5.75 Å². The van der Waals surface area contributed by atoms with E-state index in [1.807, 2.05) is 26.0 Å². The second-order valence-corrected chi connectivity index (χ2v) is 6.92. The quantitative estimate of drug-likeness (QED) is 0.813. The number of nitrogens with zero attached hydrogens (tertiary/aromatic N) is 2. The molecule has 7 nitrogen and oxygen atoms in total. The van der Waals surface area contributed by atoms with E-state index in [2.05, 4.69) is 10.5 Å². The number of aromatic hydroxyl groups is 1. The summed E-state index contributed by atoms with van der Waals surface area (Å²) in [5.74, 6) is 0.959. The fourth-order valence-corrected chi connectivity index (χ4v) is 3.99. The van der Waals surface area contributed by atoms with Crippen molar-refractivity contribution in [3.05, 3.63) is 53.5 Å². The maximum atomic E-state index is 12.9. The van der Waals surface area contributed by atoms with Crippen LogP contribution in [0, 0.1) is 18.8 Å². The van der Waals surface area contributed by atoms with Gasteiger partial charge in [-0.15, -0.1) is 0 Å². The number of fused-ring (bicyclic) bond motifs is 1. The molecule has 0 fully saturated rings. The number of carbonyl (C=O) groups is 1. The average molecular weight is 367 g/mol. The van der Waals surface area contributed by atoms with Crippen molar-refractivity contribution in [2.24, 2.45) is 21.9 Å². The van der Waals surface area contributed by atoms with Gasteiger partial charge in [0.05, 0.1) is 25.0 Å². The van der Waals surface area contributed by atoms with Gasteiger partial charge >= 0.3 is 5.97 Å². The van der Waals surface area contributed by atoms with Gasteiger partial charge in [0.1, 0.15) is 23.1 Å². The maximum absolute atomic E-state index is 12.9. The van der Waals surface area contributed by atoms with E-state index in [-0.39, 0.29) is 23.6 Å². The SMILES string of the molecule is COC(=O)C1C(c2ccc(O)cc2)N=C2NN=C(C)C2C1c1ccc(C)o1. The molecule has 4 atom stereocenters. The first kappa shape index (κ1) is 17.3. The first-order chi connectivity index (χ1) is 13.0. The summed E-state index contributed by atoms with van der Waals surface area (Å²) in [5, 5.41) is 13.9. The number of ether oxygens (including phenoxy) is 1. The number of furan rings is 1. The van der Waals surface area contributed by atoms with Crippen molar-refractivity contribution >= 4 is 17.5 Å². The summed E-state index contributed by atoms with van der Waals surface area (Å²) >= 11 is 0. The Morgan fingerprint density at radius 3 is 2.56 bits per heavy atom. The van der Waals surface area contributed by atoms with E-state index in [0.29, 0.717) is 11.6 Å². The van der Waals surface area contributed by atoms with Crippen LogP contribution in [0.15, 0.2) is 50.9 Å². The molecule has 0 amide bonds. The van der Waals surface area contributed by atoms with Crippen molar-refractivity contribution in [3.8, 4) is 5.75 Å². The van der Waals surface area contributed by atoms with Crippen LogP contribution in [-0.4, -0.2) is 29.7 Å². The summed E-state index contributed by atoms with van der Waals surface area (Å²) in [6.07, 6.45) is 0. The predicted octanol–water partition coefficient (Wildman–Crippen LogP) is 2.92. The normalized spacial score (nSPS) is 26.6. The Morgan fingerprint density at radius 2 is 1.93 bits per heavy atom. The summed E-state index contributed by atoms with van der Waals surface area (Å²) in [5.41, 5.74) is 4.66. The molecule has 0 bridgehead atoms. The van der Waals surface area contributed by atoms with Crippen molar-refractivity contribution in [1.82, 2.24) is 5.43 Å². The fourth-order valence-electron chi connectivity index (χ4n) is 3.99. The van der Waals surface area contributed by atoms with Crippen LogP contribution in [0.3, 0.4) is 0 Å². The molecule has 0 saturated carbocycles. The molecule has 27 heavy (non-hydrogen) atoms. The highest BCUT2D eigenvalue weighted by Crippen LogP contribution is 2.48. The number of aliphatic imine (C=N–C) groups is 1. The number of phenolic OH excluding ortho intramolecular Hbond substituents is 1. The maximum Gasteiger partial charge on any atom is 0.311 e. The number of nitrogens with one attached hydrogen (secondary N) is 1. The number of hydrazone groups is 1. The number of rotatable bonds is 3. The van der Waals surface area contributed by atoms with Gasteiger partial charge in [0.2, 0.25) is 0 Å². The Kier molecular flexibility index (Phi) is 4.22. The van der Waals surface area contributed by atoms with Crippen LogP contribution in [0.2, 0.25) is 0 Å². The molecular formula is C20H21N3O4. The summed E-state index contributed by atoms with van der Waals surface area (Å²) in [6.45, 7) is 3.79. The third-order valence-corrected chi connectivity index (χ3v) is 5.25. The van der Waals surface area contributed by atoms with Gasteiger partial charge in [0, 0.05) is 11.6 Å². The van der Waals surface area contributed by atoms with Crippen molar-refractivity contribution in [2.75, 3.05) is 7.11 Å². The van der Waals surface area contributed by atoms with E-state index in [1.54, 1.807) is 24.3 Å². The average Bonchev–Trinajstić information content (AvgIpc) is 3.26. The zero-order valence-electron chi connectivity index (χ0n) is 15.3. The molecule has 2 N–H and O–H groups in total. The van der Waals surface area contributed by atoms with Gasteiger partial charge in [-0.05, 0) is 43.7 Å². The number of methoxy groups -OCH3 is 1. The summed E-state index contributed by atoms with van der Waals surface area (Å²) in [7, 11) is 1.38.